The summed E-state index contributed by atoms with van der Waals surface area (Å²) in [5.74, 6) is 0.167. The Kier molecular flexibility index (Phi) is 5.49. The Morgan fingerprint density at radius 3 is 2.50 bits per heavy atom. The van der Waals surface area contributed by atoms with Crippen LogP contribution < -0.4 is 0 Å². The minimum Gasteiger partial charge on any atom is -0.343 e. The van der Waals surface area contributed by atoms with Gasteiger partial charge in [-0.05, 0) is 60.6 Å². The Labute approximate surface area is 179 Å². The number of piperidine rings is 1. The summed E-state index contributed by atoms with van der Waals surface area (Å²) in [6, 6.07) is 16.8. The number of carbonyl (C=O) groups excluding carboxylic acids is 1. The van der Waals surface area contributed by atoms with Gasteiger partial charge in [-0.1, -0.05) is 42.5 Å². The summed E-state index contributed by atoms with van der Waals surface area (Å²) >= 11 is 0. The summed E-state index contributed by atoms with van der Waals surface area (Å²) in [5.41, 5.74) is 6.87. The van der Waals surface area contributed by atoms with Crippen LogP contribution in [0.5, 0.6) is 0 Å². The van der Waals surface area contributed by atoms with Crippen molar-refractivity contribution in [3.05, 3.63) is 71.3 Å². The van der Waals surface area contributed by atoms with E-state index in [9.17, 15) is 10.1 Å². The van der Waals surface area contributed by atoms with Crippen LogP contribution in [-0.4, -0.2) is 41.9 Å². The molecule has 0 atom stereocenters. The summed E-state index contributed by atoms with van der Waals surface area (Å²) in [6.45, 7) is 11.4. The van der Waals surface area contributed by atoms with Crippen molar-refractivity contribution in [3.63, 3.8) is 0 Å². The molecule has 1 saturated heterocycles. The van der Waals surface area contributed by atoms with Crippen molar-refractivity contribution in [1.29, 1.82) is 5.26 Å². The third-order valence-electron chi connectivity index (χ3n) is 6.68. The van der Waals surface area contributed by atoms with Crippen LogP contribution >= 0.6 is 0 Å². The highest BCUT2D eigenvalue weighted by atomic mass is 16.2. The molecule has 0 aromatic heterocycles. The maximum atomic E-state index is 11.9. The van der Waals surface area contributed by atoms with Crippen LogP contribution in [0.3, 0.4) is 0 Å². The molecule has 4 rings (SSSR count). The zero-order valence-corrected chi connectivity index (χ0v) is 17.9. The van der Waals surface area contributed by atoms with Crippen LogP contribution in [0.15, 0.2) is 54.6 Å². The number of fused-ring (bicyclic) bond motifs is 2. The largest absolute Gasteiger partial charge is 0.343 e. The number of nitriles is 1. The number of hydrogen-bond acceptors (Lipinski definition) is 3. The lowest BCUT2D eigenvalue weighted by Gasteiger charge is -2.52. The summed E-state index contributed by atoms with van der Waals surface area (Å²) < 4.78 is 0. The molecule has 4 heteroatoms. The Hall–Kier alpha value is -2.90. The van der Waals surface area contributed by atoms with Crippen LogP contribution in [-0.2, 0) is 16.8 Å². The highest BCUT2D eigenvalue weighted by Crippen LogP contribution is 2.44. The molecule has 0 bridgehead atoms. The van der Waals surface area contributed by atoms with E-state index in [-0.39, 0.29) is 11.4 Å². The van der Waals surface area contributed by atoms with Crippen molar-refractivity contribution in [2.24, 2.45) is 0 Å². The second-order valence-corrected chi connectivity index (χ2v) is 8.73. The van der Waals surface area contributed by atoms with E-state index in [1.807, 2.05) is 23.1 Å². The van der Waals surface area contributed by atoms with Crippen molar-refractivity contribution < 1.29 is 4.79 Å². The van der Waals surface area contributed by atoms with Crippen molar-refractivity contribution >= 4 is 5.91 Å². The summed E-state index contributed by atoms with van der Waals surface area (Å²) in [7, 11) is 0. The molecule has 2 heterocycles. The van der Waals surface area contributed by atoms with E-state index in [0.29, 0.717) is 5.56 Å². The first-order valence-electron chi connectivity index (χ1n) is 10.7. The first kappa shape index (κ1) is 20.4. The minimum atomic E-state index is -0.0362. The summed E-state index contributed by atoms with van der Waals surface area (Å²) in [5, 5.41) is 9.24. The highest BCUT2D eigenvalue weighted by molar-refractivity contribution is 5.73. The van der Waals surface area contributed by atoms with Gasteiger partial charge < -0.3 is 4.90 Å². The third kappa shape index (κ3) is 3.66. The average molecular weight is 400 g/mol. The molecule has 2 aromatic carbocycles. The molecule has 2 aliphatic rings. The SMILES string of the molecule is C=C(C)CN1CCc2cc(-c3cccc(C#N)c3)ccc2C12CCN(C(C)=O)CC2. The van der Waals surface area contributed by atoms with Gasteiger partial charge in [0.2, 0.25) is 5.91 Å². The Morgan fingerprint density at radius 1 is 1.10 bits per heavy atom. The fraction of sp³-hybridized carbons (Fsp3) is 0.385. The molecule has 4 nitrogen and oxygen atoms in total. The zero-order chi connectivity index (χ0) is 21.3. The van der Waals surface area contributed by atoms with Crippen molar-refractivity contribution in [1.82, 2.24) is 9.80 Å². The second kappa shape index (κ2) is 8.08. The molecular weight excluding hydrogens is 370 g/mol. The lowest BCUT2D eigenvalue weighted by molar-refractivity contribution is -0.132. The minimum absolute atomic E-state index is 0.0362. The van der Waals surface area contributed by atoms with Gasteiger partial charge in [-0.25, -0.2) is 0 Å². The number of likely N-dealkylation sites (tertiary alicyclic amines) is 1. The molecule has 2 aromatic rings. The number of rotatable bonds is 3. The van der Waals surface area contributed by atoms with Gasteiger partial charge in [0.25, 0.3) is 0 Å². The van der Waals surface area contributed by atoms with E-state index in [1.54, 1.807) is 6.92 Å². The number of carbonyl (C=O) groups is 1. The van der Waals surface area contributed by atoms with Gasteiger partial charge in [-0.3, -0.25) is 9.69 Å². The van der Waals surface area contributed by atoms with E-state index >= 15 is 0 Å². The average Bonchev–Trinajstić information content (AvgIpc) is 2.75. The molecule has 1 fully saturated rings. The lowest BCUT2D eigenvalue weighted by atomic mass is 9.73. The van der Waals surface area contributed by atoms with Crippen LogP contribution in [0, 0.1) is 11.3 Å². The van der Waals surface area contributed by atoms with Crippen LogP contribution in [0.25, 0.3) is 11.1 Å². The van der Waals surface area contributed by atoms with E-state index in [2.05, 4.69) is 48.7 Å². The van der Waals surface area contributed by atoms with Crippen LogP contribution in [0.2, 0.25) is 0 Å². The highest BCUT2D eigenvalue weighted by Gasteiger charge is 2.44. The Morgan fingerprint density at radius 2 is 1.83 bits per heavy atom. The molecule has 0 saturated carbocycles. The first-order valence-corrected chi connectivity index (χ1v) is 10.7. The zero-order valence-electron chi connectivity index (χ0n) is 17.9. The van der Waals surface area contributed by atoms with Crippen molar-refractivity contribution in [2.45, 2.75) is 38.6 Å². The molecule has 0 aliphatic carbocycles. The fourth-order valence-electron chi connectivity index (χ4n) is 5.18. The molecule has 1 spiro atoms. The van der Waals surface area contributed by atoms with Crippen molar-refractivity contribution in [2.75, 3.05) is 26.2 Å². The topological polar surface area (TPSA) is 47.3 Å². The van der Waals surface area contributed by atoms with E-state index in [0.717, 1.165) is 56.6 Å². The molecule has 2 aliphatic heterocycles. The number of benzene rings is 2. The molecule has 0 radical (unpaired) electrons. The van der Waals surface area contributed by atoms with Gasteiger partial charge in [0.05, 0.1) is 17.2 Å². The standard InChI is InChI=1S/C26H29N3O/c1-19(2)18-29-12-9-24-16-23(22-6-4-5-21(15-22)17-27)7-8-25(24)26(29)10-13-28(14-11-26)20(3)30/h4-8,15-16H,1,9-14,18H2,2-3H3. The predicted octanol–water partition coefficient (Wildman–Crippen LogP) is 4.50. The summed E-state index contributed by atoms with van der Waals surface area (Å²) in [6.07, 6.45) is 2.92. The van der Waals surface area contributed by atoms with Gasteiger partial charge in [-0.15, -0.1) is 0 Å². The van der Waals surface area contributed by atoms with Crippen LogP contribution in [0.4, 0.5) is 0 Å². The quantitative estimate of drug-likeness (QED) is 0.714. The molecule has 0 N–H and O–H groups in total. The van der Waals surface area contributed by atoms with Gasteiger partial charge in [0.1, 0.15) is 0 Å². The summed E-state index contributed by atoms with van der Waals surface area (Å²) in [4.78, 5) is 16.5. The van der Waals surface area contributed by atoms with E-state index in [4.69, 9.17) is 0 Å². The normalized spacial score (nSPS) is 18.0. The third-order valence-corrected chi connectivity index (χ3v) is 6.68. The first-order chi connectivity index (χ1) is 14.4. The Balaban J connectivity index is 1.73. The monoisotopic (exact) mass is 399 g/mol. The van der Waals surface area contributed by atoms with Crippen LogP contribution in [0.1, 0.15) is 43.4 Å². The van der Waals surface area contributed by atoms with Gasteiger partial charge in [-0.2, -0.15) is 5.26 Å². The van der Waals surface area contributed by atoms with Crippen molar-refractivity contribution in [3.8, 4) is 17.2 Å². The molecule has 1 amide bonds. The molecular formula is C26H29N3O. The number of hydrogen-bond donors (Lipinski definition) is 0. The molecule has 30 heavy (non-hydrogen) atoms. The number of nitrogens with zero attached hydrogens (tertiary/aromatic N) is 3. The van der Waals surface area contributed by atoms with Gasteiger partial charge in [0, 0.05) is 33.1 Å². The second-order valence-electron chi connectivity index (χ2n) is 8.73. The maximum Gasteiger partial charge on any atom is 0.219 e. The van der Waals surface area contributed by atoms with Gasteiger partial charge >= 0.3 is 0 Å². The lowest BCUT2D eigenvalue weighted by Crippen LogP contribution is -2.57. The van der Waals surface area contributed by atoms with E-state index < -0.39 is 0 Å². The fourth-order valence-corrected chi connectivity index (χ4v) is 5.18. The smallest absolute Gasteiger partial charge is 0.219 e. The van der Waals surface area contributed by atoms with Gasteiger partial charge in [0.15, 0.2) is 0 Å². The molecule has 0 unspecified atom stereocenters. The number of amides is 1. The maximum absolute atomic E-state index is 11.9. The van der Waals surface area contributed by atoms with E-state index in [1.165, 1.54) is 16.7 Å². The Bertz CT molecular complexity index is 1020. The predicted molar refractivity (Wildman–Crippen MR) is 120 cm³/mol. The molecule has 154 valence electrons.